The van der Waals surface area contributed by atoms with E-state index in [9.17, 15) is 30.6 Å². The van der Waals surface area contributed by atoms with Crippen molar-refractivity contribution in [2.75, 3.05) is 13.2 Å². The van der Waals surface area contributed by atoms with Gasteiger partial charge in [0, 0.05) is 0 Å². The van der Waals surface area contributed by atoms with Gasteiger partial charge in [-0.1, -0.05) is 34.6 Å². The number of aliphatic hydroxyl groups excluding tert-OH is 5. The highest BCUT2D eigenvalue weighted by Crippen LogP contribution is 2.42. The zero-order valence-electron chi connectivity index (χ0n) is 16.2. The predicted octanol–water partition coefficient (Wildman–Crippen LogP) is -1.22. The lowest BCUT2D eigenvalue weighted by Gasteiger charge is -2.51. The van der Waals surface area contributed by atoms with Gasteiger partial charge in [0.25, 0.3) is 0 Å². The van der Waals surface area contributed by atoms with Gasteiger partial charge in [0.05, 0.1) is 25.4 Å². The third kappa shape index (κ3) is 4.07. The zero-order chi connectivity index (χ0) is 20.1. The fourth-order valence-electron chi connectivity index (χ4n) is 4.20. The van der Waals surface area contributed by atoms with Crippen molar-refractivity contribution >= 4 is 0 Å². The van der Waals surface area contributed by atoms with E-state index in [2.05, 4.69) is 0 Å². The predicted molar refractivity (Wildman–Crippen MR) is 92.3 cm³/mol. The molecular weight excluding hydrogens is 344 g/mol. The van der Waals surface area contributed by atoms with Crippen LogP contribution in [0.5, 0.6) is 0 Å². The second kappa shape index (κ2) is 7.25. The van der Waals surface area contributed by atoms with Gasteiger partial charge in [-0.25, -0.2) is 0 Å². The number of rotatable bonds is 3. The van der Waals surface area contributed by atoms with Crippen LogP contribution < -0.4 is 0 Å². The van der Waals surface area contributed by atoms with E-state index in [4.69, 9.17) is 9.47 Å². The highest BCUT2D eigenvalue weighted by molar-refractivity contribution is 5.05. The summed E-state index contributed by atoms with van der Waals surface area (Å²) in [7, 11) is 0. The summed E-state index contributed by atoms with van der Waals surface area (Å²) >= 11 is 0. The third-order valence-electron chi connectivity index (χ3n) is 5.58. The van der Waals surface area contributed by atoms with Crippen LogP contribution in [-0.4, -0.2) is 92.2 Å². The standard InChI is InChI=1S/C18H34O8/c1-16(2,3)14-12(22)13(23)18(24,8-26-14)7-17(4,5)15-11(21)10(20)9(19)6-25-15/h9-15,19-24H,6-8H2,1-5H3. The molecule has 2 aliphatic heterocycles. The van der Waals surface area contributed by atoms with Crippen molar-refractivity contribution in [1.29, 1.82) is 0 Å². The Labute approximate surface area is 154 Å². The smallest absolute Gasteiger partial charge is 0.117 e. The fourth-order valence-corrected chi connectivity index (χ4v) is 4.20. The van der Waals surface area contributed by atoms with Gasteiger partial charge in [-0.3, -0.25) is 0 Å². The summed E-state index contributed by atoms with van der Waals surface area (Å²) < 4.78 is 11.2. The van der Waals surface area contributed by atoms with Gasteiger partial charge in [-0.15, -0.1) is 0 Å². The lowest BCUT2D eigenvalue weighted by molar-refractivity contribution is -0.271. The molecule has 0 aromatic rings. The normalized spacial score (nSPS) is 45.6. The van der Waals surface area contributed by atoms with Gasteiger partial charge < -0.3 is 40.1 Å². The second-order valence-corrected chi connectivity index (χ2v) is 9.60. The van der Waals surface area contributed by atoms with Crippen molar-refractivity contribution in [2.24, 2.45) is 10.8 Å². The molecule has 0 aromatic heterocycles. The van der Waals surface area contributed by atoms with E-state index in [1.807, 2.05) is 20.8 Å². The van der Waals surface area contributed by atoms with Crippen LogP contribution in [0.2, 0.25) is 0 Å². The summed E-state index contributed by atoms with van der Waals surface area (Å²) in [6.07, 6.45) is -8.12. The largest absolute Gasteiger partial charge is 0.388 e. The molecule has 2 aliphatic rings. The Morgan fingerprint density at radius 1 is 0.846 bits per heavy atom. The van der Waals surface area contributed by atoms with Crippen molar-refractivity contribution in [3.05, 3.63) is 0 Å². The maximum atomic E-state index is 11.0. The van der Waals surface area contributed by atoms with Gasteiger partial charge in [-0.2, -0.15) is 0 Å². The van der Waals surface area contributed by atoms with Crippen LogP contribution >= 0.6 is 0 Å². The van der Waals surface area contributed by atoms with Crippen LogP contribution in [0, 0.1) is 10.8 Å². The van der Waals surface area contributed by atoms with Crippen molar-refractivity contribution in [3.8, 4) is 0 Å². The van der Waals surface area contributed by atoms with Crippen molar-refractivity contribution in [2.45, 2.75) is 89.4 Å². The summed E-state index contributed by atoms with van der Waals surface area (Å²) in [5, 5.41) is 61.8. The maximum Gasteiger partial charge on any atom is 0.117 e. The molecule has 0 amide bonds. The molecule has 8 heteroatoms. The highest BCUT2D eigenvalue weighted by Gasteiger charge is 2.55. The Hall–Kier alpha value is -0.320. The van der Waals surface area contributed by atoms with Gasteiger partial charge >= 0.3 is 0 Å². The van der Waals surface area contributed by atoms with Crippen molar-refractivity contribution in [3.63, 3.8) is 0 Å². The summed E-state index contributed by atoms with van der Waals surface area (Å²) in [6, 6.07) is 0. The van der Waals surface area contributed by atoms with Crippen LogP contribution in [-0.2, 0) is 9.47 Å². The molecule has 2 heterocycles. The van der Waals surface area contributed by atoms with Gasteiger partial charge in [-0.05, 0) is 17.3 Å². The van der Waals surface area contributed by atoms with Crippen LogP contribution in [0.25, 0.3) is 0 Å². The molecule has 26 heavy (non-hydrogen) atoms. The Bertz CT molecular complexity index is 490. The zero-order valence-corrected chi connectivity index (χ0v) is 16.2. The third-order valence-corrected chi connectivity index (χ3v) is 5.58. The molecule has 0 aliphatic carbocycles. The molecule has 0 saturated carbocycles. The minimum absolute atomic E-state index is 0.0420. The minimum atomic E-state index is -1.74. The van der Waals surface area contributed by atoms with Crippen molar-refractivity contribution in [1.82, 2.24) is 0 Å². The van der Waals surface area contributed by atoms with Crippen LogP contribution in [0.4, 0.5) is 0 Å². The highest BCUT2D eigenvalue weighted by atomic mass is 16.5. The molecule has 0 aromatic carbocycles. The number of aliphatic hydroxyl groups is 6. The van der Waals surface area contributed by atoms with E-state index in [1.54, 1.807) is 13.8 Å². The second-order valence-electron chi connectivity index (χ2n) is 9.60. The van der Waals surface area contributed by atoms with Gasteiger partial charge in [0.1, 0.15) is 36.1 Å². The van der Waals surface area contributed by atoms with Crippen molar-refractivity contribution < 1.29 is 40.1 Å². The van der Waals surface area contributed by atoms with Gasteiger partial charge in [0.2, 0.25) is 0 Å². The average molecular weight is 378 g/mol. The van der Waals surface area contributed by atoms with Crippen LogP contribution in [0.1, 0.15) is 41.0 Å². The quantitative estimate of drug-likeness (QED) is 0.359. The molecule has 8 unspecified atom stereocenters. The lowest BCUT2D eigenvalue weighted by Crippen LogP contribution is -2.66. The summed E-state index contributed by atoms with van der Waals surface area (Å²) in [5.74, 6) is 0. The number of ether oxygens (including phenoxy) is 2. The molecule has 2 saturated heterocycles. The van der Waals surface area contributed by atoms with Gasteiger partial charge in [0.15, 0.2) is 0 Å². The van der Waals surface area contributed by atoms with E-state index in [-0.39, 0.29) is 19.6 Å². The van der Waals surface area contributed by atoms with E-state index < -0.39 is 59.2 Å². The average Bonchev–Trinajstić information content (AvgIpc) is 2.48. The summed E-state index contributed by atoms with van der Waals surface area (Å²) in [4.78, 5) is 0. The van der Waals surface area contributed by atoms with E-state index >= 15 is 0 Å². The maximum absolute atomic E-state index is 11.0. The van der Waals surface area contributed by atoms with Crippen LogP contribution in [0.3, 0.4) is 0 Å². The Kier molecular flexibility index (Phi) is 6.13. The molecule has 2 rings (SSSR count). The molecular formula is C18H34O8. The van der Waals surface area contributed by atoms with E-state index in [1.165, 1.54) is 0 Å². The first-order valence-corrected chi connectivity index (χ1v) is 9.06. The molecule has 0 bridgehead atoms. The molecule has 8 atom stereocenters. The molecule has 0 radical (unpaired) electrons. The summed E-state index contributed by atoms with van der Waals surface area (Å²) in [6.45, 7) is 8.75. The summed E-state index contributed by atoms with van der Waals surface area (Å²) in [5.41, 5.74) is -3.04. The Balaban J connectivity index is 2.15. The number of hydrogen-bond acceptors (Lipinski definition) is 8. The van der Waals surface area contributed by atoms with E-state index in [0.29, 0.717) is 0 Å². The van der Waals surface area contributed by atoms with E-state index in [0.717, 1.165) is 0 Å². The molecule has 8 nitrogen and oxygen atoms in total. The number of hydrogen-bond donors (Lipinski definition) is 6. The Morgan fingerprint density at radius 2 is 1.42 bits per heavy atom. The molecule has 0 spiro atoms. The fraction of sp³-hybridized carbons (Fsp3) is 1.00. The first kappa shape index (κ1) is 22.0. The first-order chi connectivity index (χ1) is 11.7. The first-order valence-electron chi connectivity index (χ1n) is 9.06. The molecule has 6 N–H and O–H groups in total. The monoisotopic (exact) mass is 378 g/mol. The topological polar surface area (TPSA) is 140 Å². The minimum Gasteiger partial charge on any atom is -0.388 e. The lowest BCUT2D eigenvalue weighted by atomic mass is 9.68. The van der Waals surface area contributed by atoms with Crippen LogP contribution in [0.15, 0.2) is 0 Å². The molecule has 154 valence electrons. The SMILES string of the molecule is CC(C)(C)C1OCC(O)(CC(C)(C)C2OCC(O)C(O)C2O)C(O)C1O. The molecule has 2 fully saturated rings. The Morgan fingerprint density at radius 3 is 1.96 bits per heavy atom.